The van der Waals surface area contributed by atoms with Gasteiger partial charge in [0.1, 0.15) is 0 Å². The molecular formula is C12H14F3NOS. The summed E-state index contributed by atoms with van der Waals surface area (Å²) in [5.74, 6) is -1.55. The molecule has 1 aromatic heterocycles. The van der Waals surface area contributed by atoms with Crippen LogP contribution in [0.1, 0.15) is 36.0 Å². The zero-order valence-electron chi connectivity index (χ0n) is 9.67. The van der Waals surface area contributed by atoms with Crippen molar-refractivity contribution >= 4 is 17.2 Å². The van der Waals surface area contributed by atoms with Gasteiger partial charge in [0.15, 0.2) is 0 Å². The second kappa shape index (κ2) is 5.30. The Morgan fingerprint density at radius 2 is 2.17 bits per heavy atom. The number of carbonyl (C=O) groups is 1. The van der Waals surface area contributed by atoms with Crippen molar-refractivity contribution in [1.82, 2.24) is 5.32 Å². The molecule has 1 saturated carbocycles. The third-order valence-electron chi connectivity index (χ3n) is 3.26. The number of carbonyl (C=O) groups excluding carboxylic acids is 1. The highest BCUT2D eigenvalue weighted by molar-refractivity contribution is 7.08. The lowest BCUT2D eigenvalue weighted by molar-refractivity contribution is -0.183. The molecule has 2 nitrogen and oxygen atoms in total. The van der Waals surface area contributed by atoms with Crippen LogP contribution in [0, 0.1) is 5.92 Å². The highest BCUT2D eigenvalue weighted by Crippen LogP contribution is 2.37. The maximum Gasteiger partial charge on any atom is 0.391 e. The molecule has 1 aliphatic rings. The molecule has 1 fully saturated rings. The van der Waals surface area contributed by atoms with Crippen LogP contribution in [0.2, 0.25) is 0 Å². The van der Waals surface area contributed by atoms with Gasteiger partial charge in [0.05, 0.1) is 5.92 Å². The molecule has 1 aliphatic carbocycles. The Morgan fingerprint density at radius 3 is 2.78 bits per heavy atom. The Bertz CT molecular complexity index is 402. The minimum absolute atomic E-state index is 0.000618. The molecule has 1 heterocycles. The predicted octanol–water partition coefficient (Wildman–Crippen LogP) is 3.60. The summed E-state index contributed by atoms with van der Waals surface area (Å²) < 4.78 is 37.8. The SMILES string of the molecule is O=C(N[C@@H]1CCC[C@H](C(F)(F)F)C1)c1ccsc1. The number of amides is 1. The molecule has 2 rings (SSSR count). The largest absolute Gasteiger partial charge is 0.391 e. The van der Waals surface area contributed by atoms with Gasteiger partial charge in [0.25, 0.3) is 5.91 Å². The lowest BCUT2D eigenvalue weighted by Gasteiger charge is -2.30. The number of hydrogen-bond donors (Lipinski definition) is 1. The van der Waals surface area contributed by atoms with E-state index >= 15 is 0 Å². The molecule has 0 spiro atoms. The first kappa shape index (κ1) is 13.4. The zero-order chi connectivity index (χ0) is 13.2. The first-order chi connectivity index (χ1) is 8.47. The summed E-state index contributed by atoms with van der Waals surface area (Å²) >= 11 is 1.39. The van der Waals surface area contributed by atoms with Crippen molar-refractivity contribution in [3.63, 3.8) is 0 Å². The number of halogens is 3. The van der Waals surface area contributed by atoms with Crippen LogP contribution < -0.4 is 5.32 Å². The number of alkyl halides is 3. The van der Waals surface area contributed by atoms with Crippen LogP contribution in [0.4, 0.5) is 13.2 Å². The molecule has 0 saturated heterocycles. The van der Waals surface area contributed by atoms with E-state index in [-0.39, 0.29) is 24.8 Å². The lowest BCUT2D eigenvalue weighted by Crippen LogP contribution is -2.41. The summed E-state index contributed by atoms with van der Waals surface area (Å²) in [5.41, 5.74) is 0.522. The van der Waals surface area contributed by atoms with Gasteiger partial charge in [-0.1, -0.05) is 6.42 Å². The maximum absolute atomic E-state index is 12.6. The molecular weight excluding hydrogens is 263 g/mol. The lowest BCUT2D eigenvalue weighted by atomic mass is 9.85. The molecule has 0 radical (unpaired) electrons. The average molecular weight is 277 g/mol. The summed E-state index contributed by atoms with van der Waals surface area (Å²) in [6.07, 6.45) is -2.83. The van der Waals surface area contributed by atoms with E-state index in [1.807, 2.05) is 0 Å². The number of nitrogens with one attached hydrogen (secondary N) is 1. The topological polar surface area (TPSA) is 29.1 Å². The highest BCUT2D eigenvalue weighted by atomic mass is 32.1. The Balaban J connectivity index is 1.92. The third kappa shape index (κ3) is 3.25. The molecule has 1 N–H and O–H groups in total. The van der Waals surface area contributed by atoms with Crippen molar-refractivity contribution in [3.8, 4) is 0 Å². The van der Waals surface area contributed by atoms with Crippen molar-refractivity contribution in [2.45, 2.75) is 37.9 Å². The molecule has 0 unspecified atom stereocenters. The summed E-state index contributed by atoms with van der Waals surface area (Å²) in [4.78, 5) is 11.7. The molecule has 18 heavy (non-hydrogen) atoms. The Hall–Kier alpha value is -1.04. The van der Waals surface area contributed by atoms with E-state index in [4.69, 9.17) is 0 Å². The Kier molecular flexibility index (Phi) is 3.94. The number of thiophene rings is 1. The predicted molar refractivity (Wildman–Crippen MR) is 63.6 cm³/mol. The fourth-order valence-electron chi connectivity index (χ4n) is 2.28. The summed E-state index contributed by atoms with van der Waals surface area (Å²) in [6, 6.07) is 1.31. The van der Waals surface area contributed by atoms with Crippen molar-refractivity contribution in [1.29, 1.82) is 0 Å². The fourth-order valence-corrected chi connectivity index (χ4v) is 2.92. The summed E-state index contributed by atoms with van der Waals surface area (Å²) in [6.45, 7) is 0. The minimum Gasteiger partial charge on any atom is -0.349 e. The van der Waals surface area contributed by atoms with E-state index in [2.05, 4.69) is 5.32 Å². The van der Waals surface area contributed by atoms with Gasteiger partial charge in [-0.15, -0.1) is 0 Å². The highest BCUT2D eigenvalue weighted by Gasteiger charge is 2.42. The minimum atomic E-state index is -4.15. The van der Waals surface area contributed by atoms with Crippen LogP contribution in [-0.2, 0) is 0 Å². The molecule has 2 atom stereocenters. The van der Waals surface area contributed by atoms with E-state index in [0.29, 0.717) is 18.4 Å². The van der Waals surface area contributed by atoms with E-state index < -0.39 is 12.1 Å². The smallest absolute Gasteiger partial charge is 0.349 e. The van der Waals surface area contributed by atoms with Gasteiger partial charge >= 0.3 is 6.18 Å². The van der Waals surface area contributed by atoms with Gasteiger partial charge in [-0.25, -0.2) is 0 Å². The molecule has 1 amide bonds. The maximum atomic E-state index is 12.6. The van der Waals surface area contributed by atoms with Crippen LogP contribution in [0.25, 0.3) is 0 Å². The van der Waals surface area contributed by atoms with E-state index in [1.54, 1.807) is 16.8 Å². The van der Waals surface area contributed by atoms with E-state index in [1.165, 1.54) is 11.3 Å². The van der Waals surface area contributed by atoms with Crippen LogP contribution in [-0.4, -0.2) is 18.1 Å². The standard InChI is InChI=1S/C12H14F3NOS/c13-12(14,15)9-2-1-3-10(6-9)16-11(17)8-4-5-18-7-8/h4-5,7,9-10H,1-3,6H2,(H,16,17)/t9-,10+/m0/s1. The molecule has 0 bridgehead atoms. The molecule has 1 aromatic rings. The van der Waals surface area contributed by atoms with Crippen LogP contribution in [0.3, 0.4) is 0 Å². The van der Waals surface area contributed by atoms with Crippen molar-refractivity contribution < 1.29 is 18.0 Å². The monoisotopic (exact) mass is 277 g/mol. The summed E-state index contributed by atoms with van der Waals surface area (Å²) in [7, 11) is 0. The van der Waals surface area contributed by atoms with Gasteiger partial charge in [-0.2, -0.15) is 24.5 Å². The van der Waals surface area contributed by atoms with Gasteiger partial charge < -0.3 is 5.32 Å². The average Bonchev–Trinajstić information content (AvgIpc) is 2.81. The second-order valence-corrected chi connectivity index (χ2v) is 5.37. The van der Waals surface area contributed by atoms with Crippen LogP contribution >= 0.6 is 11.3 Å². The Morgan fingerprint density at radius 1 is 1.39 bits per heavy atom. The molecule has 6 heteroatoms. The van der Waals surface area contributed by atoms with Crippen LogP contribution in [0.5, 0.6) is 0 Å². The number of rotatable bonds is 2. The van der Waals surface area contributed by atoms with E-state index in [0.717, 1.165) is 0 Å². The fraction of sp³-hybridized carbons (Fsp3) is 0.583. The normalized spacial score (nSPS) is 24.8. The second-order valence-electron chi connectivity index (χ2n) is 4.59. The quantitative estimate of drug-likeness (QED) is 0.879. The van der Waals surface area contributed by atoms with E-state index in [9.17, 15) is 18.0 Å². The third-order valence-corrected chi connectivity index (χ3v) is 3.94. The van der Waals surface area contributed by atoms with Crippen LogP contribution in [0.15, 0.2) is 16.8 Å². The first-order valence-electron chi connectivity index (χ1n) is 5.86. The van der Waals surface area contributed by atoms with Crippen molar-refractivity contribution in [3.05, 3.63) is 22.4 Å². The molecule has 100 valence electrons. The van der Waals surface area contributed by atoms with Crippen molar-refractivity contribution in [2.24, 2.45) is 5.92 Å². The summed E-state index contributed by atoms with van der Waals surface area (Å²) in [5, 5.41) is 6.16. The van der Waals surface area contributed by atoms with Gasteiger partial charge in [0, 0.05) is 17.0 Å². The molecule has 0 aliphatic heterocycles. The molecule has 0 aromatic carbocycles. The van der Waals surface area contributed by atoms with Gasteiger partial charge in [0.2, 0.25) is 0 Å². The zero-order valence-corrected chi connectivity index (χ0v) is 10.5. The van der Waals surface area contributed by atoms with Crippen molar-refractivity contribution in [2.75, 3.05) is 0 Å². The van der Waals surface area contributed by atoms with Gasteiger partial charge in [-0.3, -0.25) is 4.79 Å². The first-order valence-corrected chi connectivity index (χ1v) is 6.81. The van der Waals surface area contributed by atoms with Gasteiger partial charge in [-0.05, 0) is 30.7 Å². The Labute approximate surface area is 107 Å². The number of hydrogen-bond acceptors (Lipinski definition) is 2.